The van der Waals surface area contributed by atoms with Gasteiger partial charge in [0.2, 0.25) is 0 Å². The highest BCUT2D eigenvalue weighted by Gasteiger charge is 2.20. The second-order valence-corrected chi connectivity index (χ2v) is 7.51. The lowest BCUT2D eigenvalue weighted by molar-refractivity contribution is 0.0963. The van der Waals surface area contributed by atoms with Gasteiger partial charge in [0.1, 0.15) is 0 Å². The van der Waals surface area contributed by atoms with Crippen molar-refractivity contribution in [3.63, 3.8) is 0 Å². The number of hydrogen-bond acceptors (Lipinski definition) is 2. The smallest absolute Gasteiger partial charge is 0.251 e. The van der Waals surface area contributed by atoms with Gasteiger partial charge in [-0.1, -0.05) is 31.9 Å². The molecule has 27 heavy (non-hydrogen) atoms. The third-order valence-electron chi connectivity index (χ3n) is 5.35. The predicted octanol–water partition coefficient (Wildman–Crippen LogP) is 3.54. The van der Waals surface area contributed by atoms with Crippen molar-refractivity contribution in [2.75, 3.05) is 34.2 Å². The van der Waals surface area contributed by atoms with Crippen LogP contribution in [0.3, 0.4) is 0 Å². The normalized spacial score (nSPS) is 19.8. The van der Waals surface area contributed by atoms with Crippen LogP contribution in [0.5, 0.6) is 0 Å². The molecule has 0 spiro atoms. The average Bonchev–Trinajstić information content (AvgIpc) is 2.66. The SMILES string of the molecule is CN=C(NCCc1cccc(C(=O)NC)c1)N(C)CC1CCC(C)CC1.I. The molecule has 1 fully saturated rings. The summed E-state index contributed by atoms with van der Waals surface area (Å²) < 4.78 is 0. The minimum absolute atomic E-state index is 0. The Morgan fingerprint density at radius 3 is 2.59 bits per heavy atom. The fraction of sp³-hybridized carbons (Fsp3) is 0.619. The van der Waals surface area contributed by atoms with Gasteiger partial charge >= 0.3 is 0 Å². The Hall–Kier alpha value is -1.31. The molecule has 1 aromatic rings. The molecule has 1 amide bonds. The summed E-state index contributed by atoms with van der Waals surface area (Å²) in [5.74, 6) is 2.57. The molecular weight excluding hydrogens is 451 g/mol. The highest BCUT2D eigenvalue weighted by molar-refractivity contribution is 14.0. The quantitative estimate of drug-likeness (QED) is 0.368. The number of nitrogens with one attached hydrogen (secondary N) is 2. The number of hydrogen-bond donors (Lipinski definition) is 2. The molecule has 152 valence electrons. The monoisotopic (exact) mass is 486 g/mol. The zero-order valence-corrected chi connectivity index (χ0v) is 19.5. The number of benzene rings is 1. The van der Waals surface area contributed by atoms with E-state index in [0.717, 1.165) is 42.9 Å². The molecule has 1 saturated carbocycles. The predicted molar refractivity (Wildman–Crippen MR) is 124 cm³/mol. The van der Waals surface area contributed by atoms with Crippen LogP contribution >= 0.6 is 24.0 Å². The van der Waals surface area contributed by atoms with Crippen LogP contribution in [-0.2, 0) is 6.42 Å². The van der Waals surface area contributed by atoms with E-state index in [-0.39, 0.29) is 29.9 Å². The summed E-state index contributed by atoms with van der Waals surface area (Å²) in [6, 6.07) is 7.79. The van der Waals surface area contributed by atoms with Gasteiger partial charge in [-0.25, -0.2) is 0 Å². The number of guanidine groups is 1. The molecule has 0 bridgehead atoms. The van der Waals surface area contributed by atoms with Crippen LogP contribution in [0.4, 0.5) is 0 Å². The molecule has 2 rings (SSSR count). The summed E-state index contributed by atoms with van der Waals surface area (Å²) in [4.78, 5) is 18.4. The van der Waals surface area contributed by atoms with Gasteiger partial charge < -0.3 is 15.5 Å². The second-order valence-electron chi connectivity index (χ2n) is 7.51. The lowest BCUT2D eigenvalue weighted by atomic mass is 9.83. The van der Waals surface area contributed by atoms with Crippen molar-refractivity contribution in [1.82, 2.24) is 15.5 Å². The first kappa shape index (κ1) is 23.7. The van der Waals surface area contributed by atoms with Gasteiger partial charge in [-0.15, -0.1) is 24.0 Å². The van der Waals surface area contributed by atoms with E-state index in [2.05, 4.69) is 40.6 Å². The van der Waals surface area contributed by atoms with Gasteiger partial charge in [-0.3, -0.25) is 9.79 Å². The summed E-state index contributed by atoms with van der Waals surface area (Å²) in [5.41, 5.74) is 1.86. The summed E-state index contributed by atoms with van der Waals surface area (Å²) in [5, 5.41) is 6.12. The maximum Gasteiger partial charge on any atom is 0.251 e. The number of halogens is 1. The number of carbonyl (C=O) groups excluding carboxylic acids is 1. The molecule has 0 atom stereocenters. The van der Waals surface area contributed by atoms with Gasteiger partial charge in [-0.05, 0) is 48.8 Å². The highest BCUT2D eigenvalue weighted by atomic mass is 127. The van der Waals surface area contributed by atoms with Crippen LogP contribution in [0.25, 0.3) is 0 Å². The lowest BCUT2D eigenvalue weighted by Gasteiger charge is -2.31. The highest BCUT2D eigenvalue weighted by Crippen LogP contribution is 2.28. The summed E-state index contributed by atoms with van der Waals surface area (Å²) in [6.45, 7) is 4.23. The molecule has 1 aliphatic rings. The zero-order chi connectivity index (χ0) is 18.9. The van der Waals surface area contributed by atoms with Crippen LogP contribution in [0.15, 0.2) is 29.3 Å². The van der Waals surface area contributed by atoms with E-state index in [4.69, 9.17) is 0 Å². The van der Waals surface area contributed by atoms with E-state index in [1.165, 1.54) is 25.7 Å². The lowest BCUT2D eigenvalue weighted by Crippen LogP contribution is -2.42. The van der Waals surface area contributed by atoms with Gasteiger partial charge in [0.15, 0.2) is 5.96 Å². The maximum atomic E-state index is 11.7. The van der Waals surface area contributed by atoms with Crippen molar-refractivity contribution in [1.29, 1.82) is 0 Å². The third-order valence-corrected chi connectivity index (χ3v) is 5.35. The minimum Gasteiger partial charge on any atom is -0.356 e. The van der Waals surface area contributed by atoms with E-state index in [0.29, 0.717) is 5.56 Å². The molecule has 0 unspecified atom stereocenters. The van der Waals surface area contributed by atoms with E-state index in [1.54, 1.807) is 7.05 Å². The zero-order valence-electron chi connectivity index (χ0n) is 17.1. The molecule has 2 N–H and O–H groups in total. The number of carbonyl (C=O) groups is 1. The summed E-state index contributed by atoms with van der Waals surface area (Å²) in [7, 11) is 5.62. The molecule has 1 aliphatic carbocycles. The molecular formula is C21H35IN4O. The standard InChI is InChI=1S/C21H34N4O.HI/c1-16-8-10-18(11-9-16)15-25(4)21(23-3)24-13-12-17-6-5-7-19(14-17)20(26)22-2;/h5-7,14,16,18H,8-13,15H2,1-4H3,(H,22,26)(H,23,24);1H. The Bertz CT molecular complexity index is 612. The number of rotatable bonds is 6. The maximum absolute atomic E-state index is 11.7. The number of aliphatic imine (C=N–C) groups is 1. The molecule has 0 radical (unpaired) electrons. The van der Waals surface area contributed by atoms with E-state index in [9.17, 15) is 4.79 Å². The van der Waals surface area contributed by atoms with Crippen molar-refractivity contribution >= 4 is 35.8 Å². The van der Waals surface area contributed by atoms with Gasteiger partial charge in [0.25, 0.3) is 5.91 Å². The molecule has 0 aromatic heterocycles. The van der Waals surface area contributed by atoms with Crippen LogP contribution in [0, 0.1) is 11.8 Å². The molecule has 0 aliphatic heterocycles. The molecule has 6 heteroatoms. The summed E-state index contributed by atoms with van der Waals surface area (Å²) in [6.07, 6.45) is 6.22. The van der Waals surface area contributed by atoms with Crippen molar-refractivity contribution < 1.29 is 4.79 Å². The Labute approximate surface area is 181 Å². The average molecular weight is 486 g/mol. The summed E-state index contributed by atoms with van der Waals surface area (Å²) >= 11 is 0. The number of amides is 1. The molecule has 1 aromatic carbocycles. The molecule has 0 heterocycles. The van der Waals surface area contributed by atoms with Crippen molar-refractivity contribution in [2.45, 2.75) is 39.0 Å². The van der Waals surface area contributed by atoms with E-state index < -0.39 is 0 Å². The minimum atomic E-state index is -0.0443. The Morgan fingerprint density at radius 1 is 1.26 bits per heavy atom. The van der Waals surface area contributed by atoms with Gasteiger partial charge in [0, 0.05) is 39.8 Å². The third kappa shape index (κ3) is 7.68. The van der Waals surface area contributed by atoms with Crippen molar-refractivity contribution in [3.8, 4) is 0 Å². The number of nitrogens with zero attached hydrogens (tertiary/aromatic N) is 2. The first-order valence-corrected chi connectivity index (χ1v) is 9.76. The van der Waals surface area contributed by atoms with Crippen molar-refractivity contribution in [2.24, 2.45) is 16.8 Å². The largest absolute Gasteiger partial charge is 0.356 e. The van der Waals surface area contributed by atoms with Gasteiger partial charge in [-0.2, -0.15) is 0 Å². The molecule has 0 saturated heterocycles. The fourth-order valence-electron chi connectivity index (χ4n) is 3.70. The van der Waals surface area contributed by atoms with Crippen LogP contribution in [0.2, 0.25) is 0 Å². The van der Waals surface area contributed by atoms with Crippen LogP contribution < -0.4 is 10.6 Å². The van der Waals surface area contributed by atoms with E-state index in [1.807, 2.05) is 25.2 Å². The van der Waals surface area contributed by atoms with Crippen LogP contribution in [0.1, 0.15) is 48.5 Å². The fourth-order valence-corrected chi connectivity index (χ4v) is 3.70. The van der Waals surface area contributed by atoms with Crippen LogP contribution in [-0.4, -0.2) is 51.0 Å². The van der Waals surface area contributed by atoms with Crippen molar-refractivity contribution in [3.05, 3.63) is 35.4 Å². The van der Waals surface area contributed by atoms with Gasteiger partial charge in [0.05, 0.1) is 0 Å². The first-order chi connectivity index (χ1) is 12.5. The first-order valence-electron chi connectivity index (χ1n) is 9.76. The van der Waals surface area contributed by atoms with E-state index >= 15 is 0 Å². The Kier molecular flexibility index (Phi) is 10.7. The Morgan fingerprint density at radius 2 is 1.96 bits per heavy atom. The second kappa shape index (κ2) is 12.2. The topological polar surface area (TPSA) is 56.7 Å². The Balaban J connectivity index is 0.00000364. The molecule has 5 nitrogen and oxygen atoms in total.